The number of carbonyl (C=O) groups is 1. The number of non-ortho nitro benzene ring substituents is 1. The molecular weight excluding hydrogens is 379 g/mol. The summed E-state index contributed by atoms with van der Waals surface area (Å²) < 4.78 is 45.8. The van der Waals surface area contributed by atoms with E-state index >= 15 is 0 Å². The second kappa shape index (κ2) is 7.85. The fourth-order valence-electron chi connectivity index (χ4n) is 2.85. The molecule has 1 aliphatic rings. The molecule has 7 nitrogen and oxygen atoms in total. The van der Waals surface area contributed by atoms with E-state index in [9.17, 15) is 28.1 Å². The second-order valence-corrected chi connectivity index (χ2v) is 6.09. The molecule has 2 aromatic rings. The average Bonchev–Trinajstić information content (AvgIpc) is 2.68. The van der Waals surface area contributed by atoms with Crippen LogP contribution in [0.25, 0.3) is 0 Å². The minimum absolute atomic E-state index is 0.111. The molecule has 1 N–H and O–H groups in total. The molecule has 148 valence electrons. The number of nitrogens with one attached hydrogen (secondary N) is 1. The molecule has 0 unspecified atom stereocenters. The van der Waals surface area contributed by atoms with E-state index in [4.69, 9.17) is 4.74 Å². The molecule has 28 heavy (non-hydrogen) atoms. The average molecular weight is 395 g/mol. The van der Waals surface area contributed by atoms with E-state index in [0.717, 1.165) is 12.1 Å². The van der Waals surface area contributed by atoms with Crippen LogP contribution in [0.4, 0.5) is 30.2 Å². The van der Waals surface area contributed by atoms with Gasteiger partial charge in [0.15, 0.2) is 0 Å². The highest BCUT2D eigenvalue weighted by molar-refractivity contribution is 6.05. The van der Waals surface area contributed by atoms with Crippen molar-refractivity contribution in [2.45, 2.75) is 6.18 Å². The first-order chi connectivity index (χ1) is 13.3. The molecule has 10 heteroatoms. The van der Waals surface area contributed by atoms with Crippen molar-refractivity contribution in [2.24, 2.45) is 0 Å². The minimum Gasteiger partial charge on any atom is -0.378 e. The van der Waals surface area contributed by atoms with E-state index in [1.807, 2.05) is 0 Å². The zero-order valence-corrected chi connectivity index (χ0v) is 14.5. The fraction of sp³-hybridized carbons (Fsp3) is 0.278. The number of nitrogens with zero attached hydrogens (tertiary/aromatic N) is 2. The smallest absolute Gasteiger partial charge is 0.378 e. The zero-order valence-electron chi connectivity index (χ0n) is 14.5. The summed E-state index contributed by atoms with van der Waals surface area (Å²) in [7, 11) is 0. The van der Waals surface area contributed by atoms with Gasteiger partial charge in [0.1, 0.15) is 0 Å². The number of nitro groups is 1. The van der Waals surface area contributed by atoms with Crippen LogP contribution >= 0.6 is 0 Å². The SMILES string of the molecule is O=C(Nc1ccc(N2CCOCC2)cc1C(F)(F)F)c1cccc([N+](=O)[O-])c1. The summed E-state index contributed by atoms with van der Waals surface area (Å²) in [5.74, 6) is -0.867. The van der Waals surface area contributed by atoms with Crippen LogP contribution in [-0.4, -0.2) is 37.1 Å². The lowest BCUT2D eigenvalue weighted by atomic mass is 10.1. The highest BCUT2D eigenvalue weighted by Crippen LogP contribution is 2.37. The van der Waals surface area contributed by atoms with Crippen molar-refractivity contribution in [3.05, 3.63) is 63.7 Å². The van der Waals surface area contributed by atoms with Crippen LogP contribution in [0.3, 0.4) is 0 Å². The van der Waals surface area contributed by atoms with E-state index in [1.165, 1.54) is 30.3 Å². The highest BCUT2D eigenvalue weighted by Gasteiger charge is 2.35. The van der Waals surface area contributed by atoms with Crippen LogP contribution in [0.1, 0.15) is 15.9 Å². The third-order valence-electron chi connectivity index (χ3n) is 4.25. The van der Waals surface area contributed by atoms with Crippen molar-refractivity contribution >= 4 is 23.0 Å². The number of amides is 1. The van der Waals surface area contributed by atoms with Crippen molar-refractivity contribution in [2.75, 3.05) is 36.5 Å². The van der Waals surface area contributed by atoms with Gasteiger partial charge in [0, 0.05) is 36.5 Å². The van der Waals surface area contributed by atoms with Gasteiger partial charge in [0.25, 0.3) is 11.6 Å². The van der Waals surface area contributed by atoms with Crippen LogP contribution in [0.5, 0.6) is 0 Å². The number of anilines is 2. The lowest BCUT2D eigenvalue weighted by Gasteiger charge is -2.29. The van der Waals surface area contributed by atoms with Gasteiger partial charge < -0.3 is 15.0 Å². The van der Waals surface area contributed by atoms with E-state index in [0.29, 0.717) is 32.0 Å². The predicted molar refractivity (Wildman–Crippen MR) is 95.5 cm³/mol. The van der Waals surface area contributed by atoms with Gasteiger partial charge in [-0.05, 0) is 24.3 Å². The minimum atomic E-state index is -4.69. The molecule has 0 aromatic heterocycles. The van der Waals surface area contributed by atoms with Gasteiger partial charge in [-0.2, -0.15) is 13.2 Å². The number of hydrogen-bond acceptors (Lipinski definition) is 5. The Morgan fingerprint density at radius 2 is 1.86 bits per heavy atom. The standard InChI is InChI=1S/C18H16F3N3O4/c19-18(20,21)15-11-13(23-6-8-28-9-7-23)4-5-16(15)22-17(25)12-2-1-3-14(10-12)24(26)27/h1-5,10-11H,6-9H2,(H,22,25). The molecule has 1 aliphatic heterocycles. The number of morpholine rings is 1. The maximum Gasteiger partial charge on any atom is 0.418 e. The largest absolute Gasteiger partial charge is 0.418 e. The number of ether oxygens (including phenoxy) is 1. The van der Waals surface area contributed by atoms with Gasteiger partial charge in [0.2, 0.25) is 0 Å². The zero-order chi connectivity index (χ0) is 20.3. The molecule has 1 amide bonds. The number of rotatable bonds is 4. The first kappa shape index (κ1) is 19.6. The van der Waals surface area contributed by atoms with Crippen molar-refractivity contribution in [1.29, 1.82) is 0 Å². The monoisotopic (exact) mass is 395 g/mol. The number of benzene rings is 2. The van der Waals surface area contributed by atoms with Gasteiger partial charge in [-0.15, -0.1) is 0 Å². The molecule has 2 aromatic carbocycles. The quantitative estimate of drug-likeness (QED) is 0.630. The Hall–Kier alpha value is -3.14. The van der Waals surface area contributed by atoms with E-state index < -0.39 is 28.3 Å². The lowest BCUT2D eigenvalue weighted by molar-refractivity contribution is -0.384. The van der Waals surface area contributed by atoms with Gasteiger partial charge in [-0.25, -0.2) is 0 Å². The van der Waals surface area contributed by atoms with Crippen LogP contribution in [0.15, 0.2) is 42.5 Å². The molecule has 0 atom stereocenters. The Balaban J connectivity index is 1.89. The Bertz CT molecular complexity index is 896. The number of hydrogen-bond donors (Lipinski definition) is 1. The number of halogens is 3. The predicted octanol–water partition coefficient (Wildman–Crippen LogP) is 3.70. The van der Waals surface area contributed by atoms with Crippen LogP contribution in [0.2, 0.25) is 0 Å². The van der Waals surface area contributed by atoms with Crippen LogP contribution < -0.4 is 10.2 Å². The normalized spacial score (nSPS) is 14.6. The third-order valence-corrected chi connectivity index (χ3v) is 4.25. The van der Waals surface area contributed by atoms with Crippen molar-refractivity contribution in [1.82, 2.24) is 0 Å². The first-order valence-corrected chi connectivity index (χ1v) is 8.35. The summed E-state index contributed by atoms with van der Waals surface area (Å²) in [5.41, 5.74) is -1.47. The second-order valence-electron chi connectivity index (χ2n) is 6.09. The van der Waals surface area contributed by atoms with Crippen molar-refractivity contribution < 1.29 is 27.6 Å². The molecule has 3 rings (SSSR count). The van der Waals surface area contributed by atoms with E-state index in [2.05, 4.69) is 5.32 Å². The number of nitro benzene ring substituents is 1. The molecule has 1 heterocycles. The Morgan fingerprint density at radius 1 is 1.14 bits per heavy atom. The molecular formula is C18H16F3N3O4. The summed E-state index contributed by atoms with van der Waals surface area (Å²) >= 11 is 0. The van der Waals surface area contributed by atoms with Gasteiger partial charge in [-0.3, -0.25) is 14.9 Å². The molecule has 0 aliphatic carbocycles. The van der Waals surface area contributed by atoms with Crippen molar-refractivity contribution in [3.8, 4) is 0 Å². The summed E-state index contributed by atoms with van der Waals surface area (Å²) in [5, 5.41) is 13.0. The lowest BCUT2D eigenvalue weighted by Crippen LogP contribution is -2.36. The van der Waals surface area contributed by atoms with Crippen LogP contribution in [0, 0.1) is 10.1 Å². The first-order valence-electron chi connectivity index (χ1n) is 8.35. The van der Waals surface area contributed by atoms with E-state index in [1.54, 1.807) is 4.90 Å². The number of alkyl halides is 3. The van der Waals surface area contributed by atoms with Gasteiger partial charge >= 0.3 is 6.18 Å². The summed E-state index contributed by atoms with van der Waals surface area (Å²) in [6.45, 7) is 1.78. The van der Waals surface area contributed by atoms with Gasteiger partial charge in [-0.1, -0.05) is 6.07 Å². The Labute approximate surface area is 157 Å². The maximum atomic E-state index is 13.5. The molecule has 1 saturated heterocycles. The summed E-state index contributed by atoms with van der Waals surface area (Å²) in [6, 6.07) is 8.43. The van der Waals surface area contributed by atoms with Gasteiger partial charge in [0.05, 0.1) is 29.4 Å². The summed E-state index contributed by atoms with van der Waals surface area (Å²) in [4.78, 5) is 24.2. The molecule has 0 saturated carbocycles. The molecule has 0 radical (unpaired) electrons. The maximum absolute atomic E-state index is 13.5. The van der Waals surface area contributed by atoms with E-state index in [-0.39, 0.29) is 11.3 Å². The number of carbonyl (C=O) groups excluding carboxylic acids is 1. The summed E-state index contributed by atoms with van der Waals surface area (Å²) in [6.07, 6.45) is -4.69. The van der Waals surface area contributed by atoms with Crippen molar-refractivity contribution in [3.63, 3.8) is 0 Å². The third kappa shape index (κ3) is 4.39. The fourth-order valence-corrected chi connectivity index (χ4v) is 2.85. The highest BCUT2D eigenvalue weighted by atomic mass is 19.4. The Morgan fingerprint density at radius 3 is 2.50 bits per heavy atom. The molecule has 1 fully saturated rings. The topological polar surface area (TPSA) is 84.7 Å². The Kier molecular flexibility index (Phi) is 5.50. The molecule has 0 bridgehead atoms. The molecule has 0 spiro atoms. The van der Waals surface area contributed by atoms with Crippen LogP contribution in [-0.2, 0) is 10.9 Å².